The Balaban J connectivity index is 1.71. The first-order chi connectivity index (χ1) is 9.02. The number of amides is 1. The third kappa shape index (κ3) is 3.95. The van der Waals surface area contributed by atoms with Crippen LogP contribution in [0.15, 0.2) is 0 Å². The zero-order chi connectivity index (χ0) is 13.9. The van der Waals surface area contributed by atoms with Gasteiger partial charge < -0.3 is 10.6 Å². The molecule has 2 rings (SSSR count). The molecule has 2 fully saturated rings. The summed E-state index contributed by atoms with van der Waals surface area (Å²) in [4.78, 5) is 12.3. The topological polar surface area (TPSA) is 41.1 Å². The maximum atomic E-state index is 12.3. The van der Waals surface area contributed by atoms with E-state index in [4.69, 9.17) is 0 Å². The van der Waals surface area contributed by atoms with Gasteiger partial charge in [0.1, 0.15) is 0 Å². The number of carbonyl (C=O) groups excluding carboxylic acids is 1. The van der Waals surface area contributed by atoms with Crippen LogP contribution in [-0.2, 0) is 4.79 Å². The summed E-state index contributed by atoms with van der Waals surface area (Å²) in [7, 11) is 0. The van der Waals surface area contributed by atoms with Gasteiger partial charge in [-0.05, 0) is 31.1 Å². The van der Waals surface area contributed by atoms with Crippen LogP contribution in [0.25, 0.3) is 0 Å². The van der Waals surface area contributed by atoms with Crippen molar-refractivity contribution in [1.29, 1.82) is 0 Å². The van der Waals surface area contributed by atoms with Gasteiger partial charge in [0.25, 0.3) is 0 Å². The Morgan fingerprint density at radius 2 is 2.11 bits per heavy atom. The van der Waals surface area contributed by atoms with E-state index in [1.54, 1.807) is 0 Å². The molecule has 2 aliphatic rings. The third-order valence-corrected chi connectivity index (χ3v) is 4.84. The number of unbranched alkanes of at least 4 members (excludes halogenated alkanes) is 2. The van der Waals surface area contributed by atoms with Gasteiger partial charge in [-0.15, -0.1) is 0 Å². The van der Waals surface area contributed by atoms with Crippen LogP contribution >= 0.6 is 0 Å². The lowest BCUT2D eigenvalue weighted by atomic mass is 9.85. The molecule has 0 radical (unpaired) electrons. The minimum Gasteiger partial charge on any atom is -0.355 e. The van der Waals surface area contributed by atoms with Crippen LogP contribution in [0.4, 0.5) is 0 Å². The maximum Gasteiger partial charge on any atom is 0.224 e. The minimum atomic E-state index is 0.227. The van der Waals surface area contributed by atoms with Crippen molar-refractivity contribution in [1.82, 2.24) is 10.6 Å². The Hall–Kier alpha value is -0.570. The van der Waals surface area contributed by atoms with Crippen LogP contribution in [0, 0.1) is 11.3 Å². The fourth-order valence-electron chi connectivity index (χ4n) is 3.51. The predicted octanol–water partition coefficient (Wildman–Crippen LogP) is 2.85. The summed E-state index contributed by atoms with van der Waals surface area (Å²) in [5.41, 5.74) is 0.232. The lowest BCUT2D eigenvalue weighted by Crippen LogP contribution is -2.41. The molecular weight excluding hydrogens is 236 g/mol. The van der Waals surface area contributed by atoms with Gasteiger partial charge >= 0.3 is 0 Å². The van der Waals surface area contributed by atoms with Crippen LogP contribution in [0.2, 0.25) is 0 Å². The van der Waals surface area contributed by atoms with Gasteiger partial charge in [0, 0.05) is 18.6 Å². The van der Waals surface area contributed by atoms with E-state index in [9.17, 15) is 4.79 Å². The van der Waals surface area contributed by atoms with E-state index in [-0.39, 0.29) is 17.2 Å². The first kappa shape index (κ1) is 14.8. The Morgan fingerprint density at radius 1 is 1.32 bits per heavy atom. The van der Waals surface area contributed by atoms with Gasteiger partial charge in [-0.1, -0.05) is 40.0 Å². The van der Waals surface area contributed by atoms with E-state index in [1.807, 2.05) is 0 Å². The van der Waals surface area contributed by atoms with Crippen LogP contribution in [0.3, 0.4) is 0 Å². The summed E-state index contributed by atoms with van der Waals surface area (Å²) < 4.78 is 0. The van der Waals surface area contributed by atoms with Crippen LogP contribution in [0.1, 0.15) is 65.7 Å². The highest BCUT2D eigenvalue weighted by Crippen LogP contribution is 2.33. The van der Waals surface area contributed by atoms with Crippen molar-refractivity contribution in [2.24, 2.45) is 11.3 Å². The average molecular weight is 266 g/mol. The van der Waals surface area contributed by atoms with Crippen molar-refractivity contribution >= 4 is 5.91 Å². The Morgan fingerprint density at radius 3 is 2.68 bits per heavy atom. The number of nitrogens with one attached hydrogen (secondary N) is 2. The molecule has 2 saturated heterocycles. The highest BCUT2D eigenvalue weighted by Gasteiger charge is 2.42. The maximum absolute atomic E-state index is 12.3. The second-order valence-corrected chi connectivity index (χ2v) is 7.23. The molecule has 3 nitrogen and oxygen atoms in total. The van der Waals surface area contributed by atoms with E-state index in [2.05, 4.69) is 31.4 Å². The first-order valence-electron chi connectivity index (χ1n) is 8.05. The standard InChI is InChI=1S/C16H30N2O/c1-4-5-6-9-16(2,3)11-17-15(19)13-10-12-7-8-14(13)18-12/h12-14,18H,4-11H2,1-3H3,(H,17,19). The van der Waals surface area contributed by atoms with E-state index in [1.165, 1.54) is 38.5 Å². The summed E-state index contributed by atoms with van der Waals surface area (Å²) in [6, 6.07) is 1.06. The molecule has 1 amide bonds. The Kier molecular flexibility index (Phi) is 4.88. The monoisotopic (exact) mass is 266 g/mol. The van der Waals surface area contributed by atoms with Gasteiger partial charge in [0.05, 0.1) is 5.92 Å². The molecule has 19 heavy (non-hydrogen) atoms. The fraction of sp³-hybridized carbons (Fsp3) is 0.938. The van der Waals surface area contributed by atoms with Crippen LogP contribution in [0.5, 0.6) is 0 Å². The van der Waals surface area contributed by atoms with Gasteiger partial charge in [-0.25, -0.2) is 0 Å². The number of fused-ring (bicyclic) bond motifs is 2. The summed E-state index contributed by atoms with van der Waals surface area (Å²) in [5, 5.41) is 6.73. The Labute approximate surface area is 117 Å². The SMILES string of the molecule is CCCCCC(C)(C)CNC(=O)C1CC2CCC1N2. The molecule has 3 unspecified atom stereocenters. The molecule has 110 valence electrons. The molecule has 2 bridgehead atoms. The summed E-state index contributed by atoms with van der Waals surface area (Å²) in [6.45, 7) is 7.59. The van der Waals surface area contributed by atoms with Crippen molar-refractivity contribution in [3.05, 3.63) is 0 Å². The van der Waals surface area contributed by atoms with Crippen LogP contribution < -0.4 is 10.6 Å². The molecule has 2 N–H and O–H groups in total. The number of hydrogen-bond acceptors (Lipinski definition) is 2. The Bertz CT molecular complexity index is 314. The predicted molar refractivity (Wildman–Crippen MR) is 79.0 cm³/mol. The van der Waals surface area contributed by atoms with Crippen LogP contribution in [-0.4, -0.2) is 24.5 Å². The van der Waals surface area contributed by atoms with Gasteiger partial charge in [-0.2, -0.15) is 0 Å². The molecule has 0 aromatic heterocycles. The molecule has 0 aromatic carbocycles. The summed E-state index contributed by atoms with van der Waals surface area (Å²) in [6.07, 6.45) is 8.53. The zero-order valence-electron chi connectivity index (χ0n) is 12.8. The van der Waals surface area contributed by atoms with Crippen molar-refractivity contribution in [3.63, 3.8) is 0 Å². The van der Waals surface area contributed by atoms with Crippen molar-refractivity contribution in [3.8, 4) is 0 Å². The first-order valence-corrected chi connectivity index (χ1v) is 8.05. The highest BCUT2D eigenvalue weighted by molar-refractivity contribution is 5.80. The number of hydrogen-bond donors (Lipinski definition) is 2. The van der Waals surface area contributed by atoms with E-state index in [0.717, 1.165) is 13.0 Å². The molecule has 2 heterocycles. The molecule has 0 aromatic rings. The largest absolute Gasteiger partial charge is 0.355 e. The molecule has 0 aliphatic carbocycles. The van der Waals surface area contributed by atoms with Gasteiger partial charge in [0.2, 0.25) is 5.91 Å². The van der Waals surface area contributed by atoms with Crippen molar-refractivity contribution < 1.29 is 4.79 Å². The van der Waals surface area contributed by atoms with E-state index >= 15 is 0 Å². The highest BCUT2D eigenvalue weighted by atomic mass is 16.1. The fourth-order valence-corrected chi connectivity index (χ4v) is 3.51. The normalized spacial score (nSPS) is 29.7. The quantitative estimate of drug-likeness (QED) is 0.696. The van der Waals surface area contributed by atoms with Crippen molar-refractivity contribution in [2.45, 2.75) is 77.8 Å². The average Bonchev–Trinajstić information content (AvgIpc) is 2.98. The van der Waals surface area contributed by atoms with Crippen molar-refractivity contribution in [2.75, 3.05) is 6.54 Å². The molecule has 0 saturated carbocycles. The summed E-state index contributed by atoms with van der Waals surface area (Å²) >= 11 is 0. The smallest absolute Gasteiger partial charge is 0.224 e. The molecule has 3 heteroatoms. The summed E-state index contributed by atoms with van der Waals surface area (Å²) in [5.74, 6) is 0.508. The second-order valence-electron chi connectivity index (χ2n) is 7.23. The van der Waals surface area contributed by atoms with Gasteiger partial charge in [0.15, 0.2) is 0 Å². The lowest BCUT2D eigenvalue weighted by molar-refractivity contribution is -0.126. The van der Waals surface area contributed by atoms with E-state index < -0.39 is 0 Å². The minimum absolute atomic E-state index is 0.227. The molecule has 2 aliphatic heterocycles. The molecular formula is C16H30N2O. The molecule has 0 spiro atoms. The van der Waals surface area contributed by atoms with E-state index in [0.29, 0.717) is 12.1 Å². The third-order valence-electron chi connectivity index (χ3n) is 4.84. The zero-order valence-corrected chi connectivity index (χ0v) is 12.8. The molecule has 3 atom stereocenters. The lowest BCUT2D eigenvalue weighted by Gasteiger charge is -2.27. The number of rotatable bonds is 7. The number of carbonyl (C=O) groups is 1. The van der Waals surface area contributed by atoms with Gasteiger partial charge in [-0.3, -0.25) is 4.79 Å². The second kappa shape index (κ2) is 6.25.